The molecule has 2 nitrogen and oxygen atoms in total. The summed E-state index contributed by atoms with van der Waals surface area (Å²) in [6.45, 7) is 13.1. The van der Waals surface area contributed by atoms with Gasteiger partial charge in [0.1, 0.15) is 0 Å². The minimum atomic E-state index is 0.581. The average molecular weight is 222 g/mol. The van der Waals surface area contributed by atoms with E-state index in [1.165, 1.54) is 17.0 Å². The zero-order chi connectivity index (χ0) is 12.3. The van der Waals surface area contributed by atoms with Crippen LogP contribution in [0.3, 0.4) is 0 Å². The van der Waals surface area contributed by atoms with Crippen LogP contribution in [0.4, 0.5) is 0 Å². The zero-order valence-electron chi connectivity index (χ0n) is 11.4. The summed E-state index contributed by atoms with van der Waals surface area (Å²) in [6.07, 6.45) is 1.08. The molecule has 0 aliphatic heterocycles. The van der Waals surface area contributed by atoms with E-state index in [4.69, 9.17) is 5.73 Å². The lowest BCUT2D eigenvalue weighted by Crippen LogP contribution is -2.09. The Morgan fingerprint density at radius 3 is 2.38 bits per heavy atom. The van der Waals surface area contributed by atoms with Gasteiger partial charge in [-0.1, -0.05) is 20.8 Å². The molecule has 0 saturated carbocycles. The van der Waals surface area contributed by atoms with E-state index in [2.05, 4.69) is 45.3 Å². The molecule has 0 radical (unpaired) electrons. The number of hydrogen-bond acceptors (Lipinski definition) is 1. The summed E-state index contributed by atoms with van der Waals surface area (Å²) >= 11 is 0. The van der Waals surface area contributed by atoms with Crippen molar-refractivity contribution >= 4 is 0 Å². The van der Waals surface area contributed by atoms with Crippen LogP contribution in [-0.4, -0.2) is 11.1 Å². The molecule has 1 atom stereocenters. The minimum absolute atomic E-state index is 0.581. The van der Waals surface area contributed by atoms with Gasteiger partial charge in [0.2, 0.25) is 0 Å². The van der Waals surface area contributed by atoms with Crippen molar-refractivity contribution in [3.63, 3.8) is 0 Å². The van der Waals surface area contributed by atoms with Crippen molar-refractivity contribution in [1.82, 2.24) is 4.57 Å². The van der Waals surface area contributed by atoms with Gasteiger partial charge in [0.15, 0.2) is 0 Å². The molecule has 0 spiro atoms. The lowest BCUT2D eigenvalue weighted by Gasteiger charge is -2.14. The monoisotopic (exact) mass is 222 g/mol. The van der Waals surface area contributed by atoms with Crippen LogP contribution >= 0.6 is 0 Å². The fraction of sp³-hybridized carbons (Fsp3) is 0.714. The summed E-state index contributed by atoms with van der Waals surface area (Å²) in [5, 5.41) is 0. The standard InChI is InChI=1S/C14H26N2/c1-10(2)9-16-12(4)8-14(13(16)5)11(3)6-7-15/h8,10-11H,6-7,9,15H2,1-5H3. The van der Waals surface area contributed by atoms with Crippen LogP contribution in [-0.2, 0) is 6.54 Å². The maximum absolute atomic E-state index is 5.64. The van der Waals surface area contributed by atoms with Gasteiger partial charge in [0, 0.05) is 17.9 Å². The largest absolute Gasteiger partial charge is 0.349 e. The van der Waals surface area contributed by atoms with Crippen molar-refractivity contribution in [3.8, 4) is 0 Å². The molecule has 0 aromatic carbocycles. The summed E-state index contributed by atoms with van der Waals surface area (Å²) in [4.78, 5) is 0. The van der Waals surface area contributed by atoms with Gasteiger partial charge in [-0.3, -0.25) is 0 Å². The molecule has 16 heavy (non-hydrogen) atoms. The molecular weight excluding hydrogens is 196 g/mol. The third-order valence-electron chi connectivity index (χ3n) is 3.29. The molecule has 2 N–H and O–H groups in total. The molecule has 0 saturated heterocycles. The molecule has 1 heterocycles. The van der Waals surface area contributed by atoms with Gasteiger partial charge < -0.3 is 10.3 Å². The van der Waals surface area contributed by atoms with Crippen molar-refractivity contribution in [2.45, 2.75) is 53.5 Å². The highest BCUT2D eigenvalue weighted by Gasteiger charge is 2.14. The molecule has 1 unspecified atom stereocenters. The highest BCUT2D eigenvalue weighted by Crippen LogP contribution is 2.26. The second kappa shape index (κ2) is 5.53. The smallest absolute Gasteiger partial charge is 0.0247 e. The Hall–Kier alpha value is -0.760. The van der Waals surface area contributed by atoms with E-state index in [0.717, 1.165) is 19.5 Å². The van der Waals surface area contributed by atoms with Gasteiger partial charge in [-0.05, 0) is 50.3 Å². The topological polar surface area (TPSA) is 30.9 Å². The first-order chi connectivity index (χ1) is 7.47. The van der Waals surface area contributed by atoms with Crippen LogP contribution in [0.2, 0.25) is 0 Å². The maximum Gasteiger partial charge on any atom is 0.0247 e. The first kappa shape index (κ1) is 13.3. The fourth-order valence-corrected chi connectivity index (χ4v) is 2.38. The summed E-state index contributed by atoms with van der Waals surface area (Å²) in [5.41, 5.74) is 9.91. The van der Waals surface area contributed by atoms with Crippen LogP contribution in [0.1, 0.15) is 50.1 Å². The normalized spacial score (nSPS) is 13.4. The van der Waals surface area contributed by atoms with Crippen molar-refractivity contribution < 1.29 is 0 Å². The second-order valence-electron chi connectivity index (χ2n) is 5.31. The molecule has 0 aliphatic rings. The summed E-state index contributed by atoms with van der Waals surface area (Å²) in [5.74, 6) is 1.28. The number of rotatable bonds is 5. The van der Waals surface area contributed by atoms with Crippen molar-refractivity contribution in [1.29, 1.82) is 0 Å². The number of nitrogens with two attached hydrogens (primary N) is 1. The fourth-order valence-electron chi connectivity index (χ4n) is 2.38. The van der Waals surface area contributed by atoms with E-state index < -0.39 is 0 Å². The number of nitrogens with zero attached hydrogens (tertiary/aromatic N) is 1. The molecule has 0 aliphatic carbocycles. The Morgan fingerprint density at radius 2 is 1.88 bits per heavy atom. The SMILES string of the molecule is Cc1cc(C(C)CCN)c(C)n1CC(C)C. The summed E-state index contributed by atoms with van der Waals surface area (Å²) < 4.78 is 2.44. The van der Waals surface area contributed by atoms with E-state index >= 15 is 0 Å². The lowest BCUT2D eigenvalue weighted by molar-refractivity contribution is 0.507. The molecular formula is C14H26N2. The van der Waals surface area contributed by atoms with E-state index in [1.54, 1.807) is 0 Å². The Balaban J connectivity index is 2.96. The van der Waals surface area contributed by atoms with E-state index in [9.17, 15) is 0 Å². The molecule has 1 aromatic heterocycles. The van der Waals surface area contributed by atoms with Gasteiger partial charge in [-0.25, -0.2) is 0 Å². The Bertz CT molecular complexity index is 337. The molecule has 1 rings (SSSR count). The molecule has 2 heteroatoms. The van der Waals surface area contributed by atoms with E-state index in [1.807, 2.05) is 0 Å². The Morgan fingerprint density at radius 1 is 1.25 bits per heavy atom. The number of hydrogen-bond donors (Lipinski definition) is 1. The number of aromatic nitrogens is 1. The third kappa shape index (κ3) is 2.88. The molecule has 1 aromatic rings. The van der Waals surface area contributed by atoms with E-state index in [0.29, 0.717) is 11.8 Å². The lowest BCUT2D eigenvalue weighted by atomic mass is 9.98. The second-order valence-corrected chi connectivity index (χ2v) is 5.31. The summed E-state index contributed by atoms with van der Waals surface area (Å²) in [7, 11) is 0. The van der Waals surface area contributed by atoms with E-state index in [-0.39, 0.29) is 0 Å². The third-order valence-corrected chi connectivity index (χ3v) is 3.29. The van der Waals surface area contributed by atoms with Gasteiger partial charge >= 0.3 is 0 Å². The quantitative estimate of drug-likeness (QED) is 0.815. The van der Waals surface area contributed by atoms with Crippen LogP contribution in [0.15, 0.2) is 6.07 Å². The highest BCUT2D eigenvalue weighted by atomic mass is 15.0. The predicted octanol–water partition coefficient (Wildman–Crippen LogP) is 3.21. The van der Waals surface area contributed by atoms with Crippen LogP contribution < -0.4 is 5.73 Å². The molecule has 0 bridgehead atoms. The first-order valence-corrected chi connectivity index (χ1v) is 6.34. The van der Waals surface area contributed by atoms with Crippen molar-refractivity contribution in [2.24, 2.45) is 11.7 Å². The van der Waals surface area contributed by atoms with Crippen molar-refractivity contribution in [2.75, 3.05) is 6.54 Å². The van der Waals surface area contributed by atoms with Crippen LogP contribution in [0.5, 0.6) is 0 Å². The van der Waals surface area contributed by atoms with Gasteiger partial charge in [0.25, 0.3) is 0 Å². The molecule has 0 amide bonds. The highest BCUT2D eigenvalue weighted by molar-refractivity contribution is 5.29. The summed E-state index contributed by atoms with van der Waals surface area (Å²) in [6, 6.07) is 2.33. The van der Waals surface area contributed by atoms with Crippen LogP contribution in [0, 0.1) is 19.8 Å². The molecule has 0 fully saturated rings. The van der Waals surface area contributed by atoms with Crippen molar-refractivity contribution in [3.05, 3.63) is 23.0 Å². The Labute approximate surface area is 99.8 Å². The average Bonchev–Trinajstić information content (AvgIpc) is 2.45. The maximum atomic E-state index is 5.64. The first-order valence-electron chi connectivity index (χ1n) is 6.34. The number of aryl methyl sites for hydroxylation is 1. The van der Waals surface area contributed by atoms with Crippen LogP contribution in [0.25, 0.3) is 0 Å². The molecule has 92 valence electrons. The van der Waals surface area contributed by atoms with Gasteiger partial charge in [0.05, 0.1) is 0 Å². The van der Waals surface area contributed by atoms with Gasteiger partial charge in [-0.15, -0.1) is 0 Å². The Kier molecular flexibility index (Phi) is 4.60. The predicted molar refractivity (Wildman–Crippen MR) is 70.8 cm³/mol. The van der Waals surface area contributed by atoms with Gasteiger partial charge in [-0.2, -0.15) is 0 Å². The zero-order valence-corrected chi connectivity index (χ0v) is 11.4. The minimum Gasteiger partial charge on any atom is -0.349 e.